The molecule has 0 aromatic heterocycles. The molecular weight excluding hydrogens is 244 g/mol. The second kappa shape index (κ2) is 6.20. The van der Waals surface area contributed by atoms with Gasteiger partial charge < -0.3 is 0 Å². The molecule has 0 spiro atoms. The van der Waals surface area contributed by atoms with E-state index < -0.39 is 8.80 Å². The van der Waals surface area contributed by atoms with Crippen LogP contribution in [-0.2, 0) is 0 Å². The molecule has 2 aromatic rings. The van der Waals surface area contributed by atoms with Crippen LogP contribution in [0.15, 0.2) is 60.7 Å². The molecule has 0 saturated heterocycles. The van der Waals surface area contributed by atoms with E-state index in [1.807, 2.05) is 0 Å². The highest BCUT2D eigenvalue weighted by molar-refractivity contribution is 6.86. The largest absolute Gasteiger partial charge is 0.106 e. The molecule has 1 aliphatic carbocycles. The van der Waals surface area contributed by atoms with Crippen LogP contribution in [0.25, 0.3) is 0 Å². The molecule has 0 amide bonds. The lowest BCUT2D eigenvalue weighted by Crippen LogP contribution is -2.46. The van der Waals surface area contributed by atoms with Gasteiger partial charge in [-0.1, -0.05) is 103 Å². The molecule has 1 saturated carbocycles. The summed E-state index contributed by atoms with van der Waals surface area (Å²) in [5.41, 5.74) is 0.957. The summed E-state index contributed by atoms with van der Waals surface area (Å²) in [5, 5.41) is 3.25. The zero-order valence-corrected chi connectivity index (χ0v) is 12.6. The van der Waals surface area contributed by atoms with Crippen molar-refractivity contribution in [3.63, 3.8) is 0 Å². The van der Waals surface area contributed by atoms with Crippen LogP contribution < -0.4 is 10.4 Å². The lowest BCUT2D eigenvalue weighted by molar-refractivity contribution is 0.499. The standard InChI is InChI=1S/C18H22Si/c1-4-10-16(11-5-1)19(17-12-6-2-7-13-17)18-14-8-3-9-15-18/h1-2,4-7,10-13,18-19H,3,8-9,14-15H2. The summed E-state index contributed by atoms with van der Waals surface area (Å²) in [6.07, 6.45) is 7.21. The SMILES string of the molecule is c1ccc([SiH](c2ccccc2)C2CCCCC2)cc1. The predicted octanol–water partition coefficient (Wildman–Crippen LogP) is 3.36. The van der Waals surface area contributed by atoms with Gasteiger partial charge in [0.2, 0.25) is 0 Å². The van der Waals surface area contributed by atoms with E-state index in [2.05, 4.69) is 60.7 Å². The summed E-state index contributed by atoms with van der Waals surface area (Å²) in [6, 6.07) is 22.6. The molecule has 0 aliphatic heterocycles. The minimum atomic E-state index is -1.03. The Bertz CT molecular complexity index is 446. The first-order valence-electron chi connectivity index (χ1n) is 7.55. The molecule has 3 rings (SSSR count). The third-order valence-electron chi connectivity index (χ3n) is 4.44. The molecule has 0 nitrogen and oxygen atoms in total. The fourth-order valence-electron chi connectivity index (χ4n) is 3.53. The maximum Gasteiger partial charge on any atom is 0.106 e. The van der Waals surface area contributed by atoms with E-state index in [1.165, 1.54) is 32.1 Å². The van der Waals surface area contributed by atoms with Gasteiger partial charge >= 0.3 is 0 Å². The van der Waals surface area contributed by atoms with Gasteiger partial charge in [-0.15, -0.1) is 0 Å². The van der Waals surface area contributed by atoms with E-state index in [9.17, 15) is 0 Å². The van der Waals surface area contributed by atoms with E-state index in [0.29, 0.717) is 0 Å². The molecule has 0 unspecified atom stereocenters. The van der Waals surface area contributed by atoms with Gasteiger partial charge in [-0.3, -0.25) is 0 Å². The van der Waals surface area contributed by atoms with Gasteiger partial charge in [0.1, 0.15) is 8.80 Å². The van der Waals surface area contributed by atoms with Gasteiger partial charge in [0.15, 0.2) is 0 Å². The van der Waals surface area contributed by atoms with E-state index in [1.54, 1.807) is 10.4 Å². The molecule has 19 heavy (non-hydrogen) atoms. The van der Waals surface area contributed by atoms with E-state index >= 15 is 0 Å². The molecule has 98 valence electrons. The average Bonchev–Trinajstić information content (AvgIpc) is 2.51. The third kappa shape index (κ3) is 2.98. The fraction of sp³-hybridized carbons (Fsp3) is 0.333. The summed E-state index contributed by atoms with van der Waals surface area (Å²) in [4.78, 5) is 0. The Morgan fingerprint density at radius 1 is 0.632 bits per heavy atom. The van der Waals surface area contributed by atoms with E-state index in [0.717, 1.165) is 5.54 Å². The Balaban J connectivity index is 1.96. The van der Waals surface area contributed by atoms with Crippen LogP contribution in [0.5, 0.6) is 0 Å². The average molecular weight is 266 g/mol. The molecule has 0 heterocycles. The van der Waals surface area contributed by atoms with E-state index in [-0.39, 0.29) is 0 Å². The minimum absolute atomic E-state index is 0.957. The van der Waals surface area contributed by atoms with Crippen LogP contribution in [0.3, 0.4) is 0 Å². The van der Waals surface area contributed by atoms with Crippen molar-refractivity contribution in [3.8, 4) is 0 Å². The Morgan fingerprint density at radius 2 is 1.11 bits per heavy atom. The van der Waals surface area contributed by atoms with Crippen molar-refractivity contribution in [2.75, 3.05) is 0 Å². The van der Waals surface area contributed by atoms with Crippen molar-refractivity contribution >= 4 is 19.2 Å². The molecule has 0 atom stereocenters. The van der Waals surface area contributed by atoms with Gasteiger partial charge in [0.25, 0.3) is 0 Å². The number of benzene rings is 2. The predicted molar refractivity (Wildman–Crippen MR) is 86.1 cm³/mol. The molecule has 0 bridgehead atoms. The minimum Gasteiger partial charge on any atom is -0.0629 e. The molecule has 1 fully saturated rings. The van der Waals surface area contributed by atoms with Gasteiger partial charge in [-0.05, 0) is 5.54 Å². The van der Waals surface area contributed by atoms with Gasteiger partial charge in [-0.2, -0.15) is 0 Å². The molecule has 1 aliphatic rings. The lowest BCUT2D eigenvalue weighted by Gasteiger charge is -2.30. The summed E-state index contributed by atoms with van der Waals surface area (Å²) in [6.45, 7) is 0. The highest BCUT2D eigenvalue weighted by atomic mass is 28.3. The van der Waals surface area contributed by atoms with Crippen molar-refractivity contribution in [2.45, 2.75) is 37.6 Å². The smallest absolute Gasteiger partial charge is 0.0629 e. The number of hydrogen-bond donors (Lipinski definition) is 0. The molecule has 0 N–H and O–H groups in total. The zero-order chi connectivity index (χ0) is 12.9. The Morgan fingerprint density at radius 3 is 1.58 bits per heavy atom. The maximum atomic E-state index is 2.36. The number of hydrogen-bond acceptors (Lipinski definition) is 0. The van der Waals surface area contributed by atoms with Crippen molar-refractivity contribution in [2.24, 2.45) is 0 Å². The van der Waals surface area contributed by atoms with E-state index in [4.69, 9.17) is 0 Å². The third-order valence-corrected chi connectivity index (χ3v) is 8.25. The van der Waals surface area contributed by atoms with Crippen LogP contribution in [0.2, 0.25) is 5.54 Å². The summed E-state index contributed by atoms with van der Waals surface area (Å²) in [5.74, 6) is 0. The fourth-order valence-corrected chi connectivity index (χ4v) is 7.41. The van der Waals surface area contributed by atoms with Crippen molar-refractivity contribution in [1.29, 1.82) is 0 Å². The highest BCUT2D eigenvalue weighted by Crippen LogP contribution is 2.31. The first-order valence-corrected chi connectivity index (χ1v) is 9.37. The van der Waals surface area contributed by atoms with Crippen LogP contribution in [-0.4, -0.2) is 8.80 Å². The second-order valence-electron chi connectivity index (χ2n) is 5.70. The van der Waals surface area contributed by atoms with Crippen molar-refractivity contribution < 1.29 is 0 Å². The molecular formula is C18H22Si. The van der Waals surface area contributed by atoms with Gasteiger partial charge in [0.05, 0.1) is 0 Å². The zero-order valence-electron chi connectivity index (χ0n) is 11.5. The Labute approximate surface area is 118 Å². The first kappa shape index (κ1) is 12.7. The number of rotatable bonds is 3. The Hall–Kier alpha value is -1.34. The van der Waals surface area contributed by atoms with Crippen LogP contribution in [0.1, 0.15) is 32.1 Å². The summed E-state index contributed by atoms with van der Waals surface area (Å²) < 4.78 is 0. The Kier molecular flexibility index (Phi) is 4.14. The lowest BCUT2D eigenvalue weighted by atomic mass is 10.0. The normalized spacial score (nSPS) is 16.7. The second-order valence-corrected chi connectivity index (χ2v) is 8.93. The maximum absolute atomic E-state index is 2.36. The highest BCUT2D eigenvalue weighted by Gasteiger charge is 2.27. The topological polar surface area (TPSA) is 0 Å². The summed E-state index contributed by atoms with van der Waals surface area (Å²) in [7, 11) is -1.03. The molecule has 2 aromatic carbocycles. The monoisotopic (exact) mass is 266 g/mol. The van der Waals surface area contributed by atoms with Crippen LogP contribution in [0.4, 0.5) is 0 Å². The first-order chi connectivity index (χ1) is 9.45. The van der Waals surface area contributed by atoms with Crippen molar-refractivity contribution in [1.82, 2.24) is 0 Å². The van der Waals surface area contributed by atoms with Gasteiger partial charge in [0, 0.05) is 0 Å². The molecule has 1 heteroatoms. The van der Waals surface area contributed by atoms with Crippen molar-refractivity contribution in [3.05, 3.63) is 60.7 Å². The van der Waals surface area contributed by atoms with Gasteiger partial charge in [-0.25, -0.2) is 0 Å². The van der Waals surface area contributed by atoms with Crippen LogP contribution >= 0.6 is 0 Å². The quantitative estimate of drug-likeness (QED) is 0.747. The summed E-state index contributed by atoms with van der Waals surface area (Å²) >= 11 is 0. The van der Waals surface area contributed by atoms with Crippen LogP contribution in [0, 0.1) is 0 Å². The molecule has 0 radical (unpaired) electrons.